The Labute approximate surface area is 186 Å². The number of aromatic nitrogens is 2. The van der Waals surface area contributed by atoms with Gasteiger partial charge in [-0.05, 0) is 43.5 Å². The minimum absolute atomic E-state index is 0.317. The highest BCUT2D eigenvalue weighted by molar-refractivity contribution is 6.07. The Kier molecular flexibility index (Phi) is 4.51. The number of aryl methyl sites for hydroxylation is 3. The van der Waals surface area contributed by atoms with Gasteiger partial charge in [0.1, 0.15) is 23.3 Å². The zero-order valence-corrected chi connectivity index (χ0v) is 18.1. The predicted molar refractivity (Wildman–Crippen MR) is 127 cm³/mol. The molecule has 0 spiro atoms. The molecule has 3 aromatic carbocycles. The molecule has 0 aliphatic rings. The van der Waals surface area contributed by atoms with E-state index < -0.39 is 0 Å². The summed E-state index contributed by atoms with van der Waals surface area (Å²) in [6.07, 6.45) is 1.97. The van der Waals surface area contributed by atoms with Crippen molar-refractivity contribution in [2.24, 2.45) is 0 Å². The lowest BCUT2D eigenvalue weighted by Crippen LogP contribution is -1.98. The molecule has 0 fully saturated rings. The van der Waals surface area contributed by atoms with Crippen molar-refractivity contribution in [2.75, 3.05) is 0 Å². The zero-order valence-electron chi connectivity index (χ0n) is 18.1. The van der Waals surface area contributed by atoms with E-state index in [0.29, 0.717) is 16.6 Å². The fourth-order valence-corrected chi connectivity index (χ4v) is 4.33. The molecular weight excluding hydrogens is 392 g/mol. The van der Waals surface area contributed by atoms with Gasteiger partial charge in [0.25, 0.3) is 0 Å². The molecular formula is C28H20N4. The molecule has 152 valence electrons. The van der Waals surface area contributed by atoms with Crippen molar-refractivity contribution >= 4 is 16.7 Å². The summed E-state index contributed by atoms with van der Waals surface area (Å²) < 4.78 is 2.04. The number of rotatable bonds is 2. The maximum atomic E-state index is 10.2. The minimum atomic E-state index is 0.317. The van der Waals surface area contributed by atoms with Gasteiger partial charge in [-0.25, -0.2) is 4.98 Å². The summed E-state index contributed by atoms with van der Waals surface area (Å²) in [5, 5.41) is 20.3. The number of imidazole rings is 1. The van der Waals surface area contributed by atoms with Gasteiger partial charge in [-0.3, -0.25) is 4.40 Å². The van der Waals surface area contributed by atoms with Crippen molar-refractivity contribution in [1.82, 2.24) is 9.38 Å². The number of nitrogens with zero attached hydrogens (tertiary/aromatic N) is 4. The second kappa shape index (κ2) is 7.38. The molecule has 2 aromatic heterocycles. The van der Waals surface area contributed by atoms with Crippen LogP contribution in [-0.2, 0) is 0 Å². The number of nitriles is 2. The highest BCUT2D eigenvalue weighted by atomic mass is 15.0. The van der Waals surface area contributed by atoms with Crippen LogP contribution in [0.4, 0.5) is 0 Å². The molecule has 0 aliphatic heterocycles. The Balaban J connectivity index is 2.09. The van der Waals surface area contributed by atoms with Gasteiger partial charge in [0.05, 0.1) is 16.6 Å². The number of benzene rings is 3. The van der Waals surface area contributed by atoms with Gasteiger partial charge in [0, 0.05) is 17.3 Å². The first-order valence-corrected chi connectivity index (χ1v) is 10.4. The van der Waals surface area contributed by atoms with Crippen molar-refractivity contribution in [3.8, 4) is 34.4 Å². The molecule has 32 heavy (non-hydrogen) atoms. The maximum Gasteiger partial charge on any atom is 0.140 e. The maximum absolute atomic E-state index is 10.2. The first kappa shape index (κ1) is 19.5. The quantitative estimate of drug-likeness (QED) is 0.333. The second-order valence-corrected chi connectivity index (χ2v) is 8.15. The van der Waals surface area contributed by atoms with Crippen molar-refractivity contribution in [3.63, 3.8) is 0 Å². The molecule has 0 bridgehead atoms. The van der Waals surface area contributed by atoms with Gasteiger partial charge in [-0.2, -0.15) is 10.5 Å². The summed E-state index contributed by atoms with van der Waals surface area (Å²) in [6.45, 7) is 6.09. The third-order valence-corrected chi connectivity index (χ3v) is 5.97. The highest BCUT2D eigenvalue weighted by Gasteiger charge is 2.25. The molecule has 4 nitrogen and oxygen atoms in total. The monoisotopic (exact) mass is 412 g/mol. The van der Waals surface area contributed by atoms with Gasteiger partial charge in [0.15, 0.2) is 0 Å². The SMILES string of the molecule is Cc1ccc(-c2c(C#N)c(C#N)c3nc4c(C)cccn4c3c2-c2ccc(C)cc2)cc1. The number of fused-ring (bicyclic) bond motifs is 3. The number of pyridine rings is 1. The molecule has 0 saturated carbocycles. The predicted octanol–water partition coefficient (Wildman–Crippen LogP) is 6.49. The third-order valence-electron chi connectivity index (χ3n) is 5.97. The Bertz CT molecular complexity index is 1590. The Morgan fingerprint density at radius 2 is 1.28 bits per heavy atom. The third kappa shape index (κ3) is 2.86. The molecule has 2 heterocycles. The van der Waals surface area contributed by atoms with Crippen molar-refractivity contribution < 1.29 is 0 Å². The first-order chi connectivity index (χ1) is 15.5. The summed E-state index contributed by atoms with van der Waals surface area (Å²) >= 11 is 0. The molecule has 5 aromatic rings. The molecule has 0 atom stereocenters. The Hall–Kier alpha value is -4.41. The van der Waals surface area contributed by atoms with Crippen LogP contribution in [-0.4, -0.2) is 9.38 Å². The van der Waals surface area contributed by atoms with Crippen molar-refractivity contribution in [1.29, 1.82) is 10.5 Å². The smallest absolute Gasteiger partial charge is 0.140 e. The van der Waals surface area contributed by atoms with Crippen LogP contribution in [0, 0.1) is 43.4 Å². The molecule has 0 radical (unpaired) electrons. The molecule has 0 aliphatic carbocycles. The summed E-state index contributed by atoms with van der Waals surface area (Å²) in [4.78, 5) is 4.84. The van der Waals surface area contributed by atoms with E-state index in [-0.39, 0.29) is 0 Å². The Morgan fingerprint density at radius 1 is 0.719 bits per heavy atom. The number of hydrogen-bond donors (Lipinski definition) is 0. The van der Waals surface area contributed by atoms with Crippen LogP contribution in [0.25, 0.3) is 38.9 Å². The molecule has 4 heteroatoms. The standard InChI is InChI=1S/C28H20N4/c1-17-6-10-20(11-7-17)24-22(15-29)23(16-30)26-27(25(24)21-12-8-18(2)9-13-21)32-14-4-5-19(3)28(32)31-26/h4-14H,1-3H3. The fourth-order valence-electron chi connectivity index (χ4n) is 4.33. The topological polar surface area (TPSA) is 64.9 Å². The molecule has 0 saturated heterocycles. The van der Waals surface area contributed by atoms with Crippen molar-refractivity contribution in [2.45, 2.75) is 20.8 Å². The van der Waals surface area contributed by atoms with Crippen LogP contribution in [0.3, 0.4) is 0 Å². The van der Waals surface area contributed by atoms with E-state index in [4.69, 9.17) is 4.98 Å². The fraction of sp³-hybridized carbons (Fsp3) is 0.107. The average Bonchev–Trinajstić information content (AvgIpc) is 3.19. The molecule has 5 rings (SSSR count). The van der Waals surface area contributed by atoms with Gasteiger partial charge >= 0.3 is 0 Å². The van der Waals surface area contributed by atoms with E-state index in [1.54, 1.807) is 0 Å². The van der Waals surface area contributed by atoms with E-state index in [2.05, 4.69) is 43.3 Å². The Morgan fingerprint density at radius 3 is 1.84 bits per heavy atom. The van der Waals surface area contributed by atoms with Crippen LogP contribution in [0.1, 0.15) is 27.8 Å². The van der Waals surface area contributed by atoms with E-state index in [9.17, 15) is 10.5 Å². The van der Waals surface area contributed by atoms with E-state index in [1.807, 2.05) is 60.8 Å². The van der Waals surface area contributed by atoms with Crippen LogP contribution >= 0.6 is 0 Å². The summed E-state index contributed by atoms with van der Waals surface area (Å²) in [7, 11) is 0. The lowest BCUT2D eigenvalue weighted by molar-refractivity contribution is 1.20. The lowest BCUT2D eigenvalue weighted by Gasteiger charge is -2.16. The van der Waals surface area contributed by atoms with Crippen LogP contribution in [0.5, 0.6) is 0 Å². The summed E-state index contributed by atoms with van der Waals surface area (Å²) in [6, 6.07) is 25.0. The van der Waals surface area contributed by atoms with Crippen LogP contribution in [0.2, 0.25) is 0 Å². The summed E-state index contributed by atoms with van der Waals surface area (Å²) in [5.74, 6) is 0. The normalized spacial score (nSPS) is 10.9. The zero-order chi connectivity index (χ0) is 22.4. The van der Waals surface area contributed by atoms with Gasteiger partial charge in [-0.1, -0.05) is 65.7 Å². The van der Waals surface area contributed by atoms with Crippen molar-refractivity contribution in [3.05, 3.63) is 94.7 Å². The van der Waals surface area contributed by atoms with E-state index in [1.165, 1.54) is 0 Å². The second-order valence-electron chi connectivity index (χ2n) is 8.15. The largest absolute Gasteiger partial charge is 0.299 e. The van der Waals surface area contributed by atoms with Gasteiger partial charge < -0.3 is 0 Å². The van der Waals surface area contributed by atoms with E-state index in [0.717, 1.165) is 50.1 Å². The lowest BCUT2D eigenvalue weighted by atomic mass is 9.86. The van der Waals surface area contributed by atoms with E-state index >= 15 is 0 Å². The average molecular weight is 412 g/mol. The molecule has 0 N–H and O–H groups in total. The molecule has 0 unspecified atom stereocenters. The summed E-state index contributed by atoms with van der Waals surface area (Å²) in [5.41, 5.74) is 9.75. The number of hydrogen-bond acceptors (Lipinski definition) is 3. The van der Waals surface area contributed by atoms with Crippen LogP contribution in [0.15, 0.2) is 66.9 Å². The molecule has 0 amide bonds. The first-order valence-electron chi connectivity index (χ1n) is 10.4. The van der Waals surface area contributed by atoms with Crippen LogP contribution < -0.4 is 0 Å². The van der Waals surface area contributed by atoms with Gasteiger partial charge in [-0.15, -0.1) is 0 Å². The minimum Gasteiger partial charge on any atom is -0.299 e. The highest BCUT2D eigenvalue weighted by Crippen LogP contribution is 2.43. The van der Waals surface area contributed by atoms with Gasteiger partial charge in [0.2, 0.25) is 0 Å².